The number of carbonyl (C=O) groups excluding carboxylic acids is 1. The van der Waals surface area contributed by atoms with Gasteiger partial charge in [0, 0.05) is 0 Å². The van der Waals surface area contributed by atoms with E-state index in [4.69, 9.17) is 29.4 Å². The molecule has 1 saturated carbocycles. The molecule has 0 aromatic carbocycles. The van der Waals surface area contributed by atoms with Gasteiger partial charge in [-0.05, 0) is 51.7 Å². The Morgan fingerprint density at radius 3 is 2.81 bits per heavy atom. The predicted molar refractivity (Wildman–Crippen MR) is 108 cm³/mol. The van der Waals surface area contributed by atoms with Crippen LogP contribution in [0, 0.1) is 0 Å². The minimum absolute atomic E-state index is 0.0170. The Morgan fingerprint density at radius 1 is 1.23 bits per heavy atom. The molecule has 4 atom stereocenters. The second-order valence-corrected chi connectivity index (χ2v) is 8.80. The van der Waals surface area contributed by atoms with Gasteiger partial charge in [0.2, 0.25) is 0 Å². The van der Waals surface area contributed by atoms with Crippen molar-refractivity contribution in [1.82, 2.24) is 14.6 Å². The molecule has 2 N–H and O–H groups in total. The zero-order valence-electron chi connectivity index (χ0n) is 17.7. The van der Waals surface area contributed by atoms with E-state index in [1.165, 1.54) is 12.7 Å². The Kier molecular flexibility index (Phi) is 5.23. The number of hydrogen-bond donors (Lipinski definition) is 1. The number of anilines is 1. The van der Waals surface area contributed by atoms with Crippen LogP contribution in [-0.4, -0.2) is 57.6 Å². The van der Waals surface area contributed by atoms with Crippen molar-refractivity contribution in [2.24, 2.45) is 0 Å². The molecule has 2 aromatic heterocycles. The van der Waals surface area contributed by atoms with E-state index < -0.39 is 30.3 Å². The standard InChI is InChI=1S/C21H28N4O6/c1-21(2)30-17-15(10-27-20(26)28-12-6-4-3-5-7-12)29-16(18(17)31-21)13-8-9-14-19(22)23-11-24-25(13)14/h8-9,11-12,15-18H,3-7,10H2,1-2H3,(H2,22,23,24)/t15-,16+,17-,18+/m1/s1. The van der Waals surface area contributed by atoms with Crippen LogP contribution in [0.5, 0.6) is 0 Å². The number of nitrogens with zero attached hydrogens (tertiary/aromatic N) is 3. The average molecular weight is 432 g/mol. The topological polar surface area (TPSA) is 119 Å². The summed E-state index contributed by atoms with van der Waals surface area (Å²) in [5.74, 6) is -0.399. The van der Waals surface area contributed by atoms with E-state index in [0.717, 1.165) is 31.4 Å². The van der Waals surface area contributed by atoms with E-state index in [1.54, 1.807) is 4.52 Å². The third kappa shape index (κ3) is 3.95. The molecule has 10 heteroatoms. The first-order valence-corrected chi connectivity index (χ1v) is 10.8. The SMILES string of the molecule is CC1(C)O[C@@H]2[C@H](O1)[C@@H](COC(=O)OC1CCCCC1)O[C@H]2c1ccc2c(N)ncnn12. The normalized spacial score (nSPS) is 30.4. The minimum atomic E-state index is -0.778. The monoisotopic (exact) mass is 432 g/mol. The molecule has 0 bridgehead atoms. The quantitative estimate of drug-likeness (QED) is 0.727. The maximum Gasteiger partial charge on any atom is 0.508 e. The maximum absolute atomic E-state index is 12.2. The molecular formula is C21H28N4O6. The first kappa shape index (κ1) is 20.5. The van der Waals surface area contributed by atoms with Crippen LogP contribution in [0.15, 0.2) is 18.5 Å². The van der Waals surface area contributed by atoms with Gasteiger partial charge in [-0.2, -0.15) is 5.10 Å². The first-order valence-electron chi connectivity index (χ1n) is 10.8. The lowest BCUT2D eigenvalue weighted by molar-refractivity contribution is -0.192. The molecule has 0 radical (unpaired) electrons. The number of carbonyl (C=O) groups is 1. The van der Waals surface area contributed by atoms with E-state index in [0.29, 0.717) is 11.3 Å². The highest BCUT2D eigenvalue weighted by atomic mass is 16.8. The Labute approximate surface area is 179 Å². The van der Waals surface area contributed by atoms with Crippen LogP contribution in [0.2, 0.25) is 0 Å². The van der Waals surface area contributed by atoms with Crippen molar-refractivity contribution in [2.75, 3.05) is 12.3 Å². The predicted octanol–water partition coefficient (Wildman–Crippen LogP) is 2.76. The first-order chi connectivity index (χ1) is 14.9. The van der Waals surface area contributed by atoms with Gasteiger partial charge >= 0.3 is 6.16 Å². The summed E-state index contributed by atoms with van der Waals surface area (Å²) in [5.41, 5.74) is 7.42. The van der Waals surface area contributed by atoms with Crippen LogP contribution in [-0.2, 0) is 23.7 Å². The molecule has 3 fully saturated rings. The van der Waals surface area contributed by atoms with E-state index in [2.05, 4.69) is 10.1 Å². The van der Waals surface area contributed by atoms with Crippen LogP contribution >= 0.6 is 0 Å². The molecule has 1 aliphatic carbocycles. The van der Waals surface area contributed by atoms with Crippen LogP contribution in [0.1, 0.15) is 57.7 Å². The minimum Gasteiger partial charge on any atom is -0.431 e. The largest absolute Gasteiger partial charge is 0.508 e. The number of nitrogens with two attached hydrogens (primary N) is 1. The summed E-state index contributed by atoms with van der Waals surface area (Å²) in [6, 6.07) is 3.73. The molecular weight excluding hydrogens is 404 g/mol. The number of fused-ring (bicyclic) bond motifs is 2. The third-order valence-corrected chi connectivity index (χ3v) is 6.13. The van der Waals surface area contributed by atoms with E-state index in [1.807, 2.05) is 26.0 Å². The maximum atomic E-state index is 12.2. The Balaban J connectivity index is 1.31. The average Bonchev–Trinajstić information content (AvgIpc) is 3.39. The second kappa shape index (κ2) is 7.92. The van der Waals surface area contributed by atoms with Gasteiger partial charge in [0.25, 0.3) is 0 Å². The van der Waals surface area contributed by atoms with Crippen molar-refractivity contribution in [2.45, 2.75) is 82.3 Å². The van der Waals surface area contributed by atoms with Crippen molar-refractivity contribution in [3.05, 3.63) is 24.2 Å². The molecule has 168 valence electrons. The van der Waals surface area contributed by atoms with Gasteiger partial charge in [-0.25, -0.2) is 14.3 Å². The molecule has 2 saturated heterocycles. The van der Waals surface area contributed by atoms with Gasteiger partial charge in [-0.3, -0.25) is 0 Å². The van der Waals surface area contributed by atoms with Gasteiger partial charge < -0.3 is 29.4 Å². The van der Waals surface area contributed by atoms with Crippen molar-refractivity contribution >= 4 is 17.5 Å². The van der Waals surface area contributed by atoms with E-state index >= 15 is 0 Å². The molecule has 10 nitrogen and oxygen atoms in total. The Hall–Kier alpha value is -2.43. The van der Waals surface area contributed by atoms with Gasteiger partial charge in [-0.15, -0.1) is 0 Å². The number of ether oxygens (including phenoxy) is 5. The summed E-state index contributed by atoms with van der Waals surface area (Å²) in [5, 5.41) is 4.31. The zero-order valence-corrected chi connectivity index (χ0v) is 17.7. The van der Waals surface area contributed by atoms with Gasteiger partial charge in [0.15, 0.2) is 11.6 Å². The van der Waals surface area contributed by atoms with Gasteiger partial charge in [0.05, 0.1) is 5.69 Å². The molecule has 5 rings (SSSR count). The lowest BCUT2D eigenvalue weighted by Gasteiger charge is -2.24. The van der Waals surface area contributed by atoms with E-state index in [-0.39, 0.29) is 18.8 Å². The Bertz CT molecular complexity index is 956. The summed E-state index contributed by atoms with van der Waals surface area (Å²) in [4.78, 5) is 16.2. The summed E-state index contributed by atoms with van der Waals surface area (Å²) in [7, 11) is 0. The molecule has 0 amide bonds. The molecule has 3 aliphatic rings. The zero-order chi connectivity index (χ0) is 21.6. The summed E-state index contributed by atoms with van der Waals surface area (Å²) < 4.78 is 31.0. The molecule has 4 heterocycles. The number of hydrogen-bond acceptors (Lipinski definition) is 9. The molecule has 31 heavy (non-hydrogen) atoms. The van der Waals surface area contributed by atoms with Crippen molar-refractivity contribution in [3.8, 4) is 0 Å². The molecule has 2 aromatic rings. The fourth-order valence-electron chi connectivity index (χ4n) is 4.75. The lowest BCUT2D eigenvalue weighted by atomic mass is 9.98. The number of nitrogen functional groups attached to an aromatic ring is 1. The van der Waals surface area contributed by atoms with Crippen molar-refractivity contribution < 1.29 is 28.5 Å². The van der Waals surface area contributed by atoms with E-state index in [9.17, 15) is 4.79 Å². The smallest absolute Gasteiger partial charge is 0.431 e. The van der Waals surface area contributed by atoms with Crippen molar-refractivity contribution in [3.63, 3.8) is 0 Å². The summed E-state index contributed by atoms with van der Waals surface area (Å²) in [6.45, 7) is 3.73. The van der Waals surface area contributed by atoms with Crippen LogP contribution in [0.25, 0.3) is 5.52 Å². The highest BCUT2D eigenvalue weighted by molar-refractivity contribution is 5.65. The molecule has 2 aliphatic heterocycles. The van der Waals surface area contributed by atoms with Crippen LogP contribution in [0.4, 0.5) is 10.6 Å². The number of rotatable bonds is 4. The second-order valence-electron chi connectivity index (χ2n) is 8.80. The highest BCUT2D eigenvalue weighted by Crippen LogP contribution is 2.45. The highest BCUT2D eigenvalue weighted by Gasteiger charge is 2.56. The fraction of sp³-hybridized carbons (Fsp3) is 0.667. The summed E-state index contributed by atoms with van der Waals surface area (Å²) in [6.07, 6.45) is 4.05. The van der Waals surface area contributed by atoms with Crippen LogP contribution in [0.3, 0.4) is 0 Å². The van der Waals surface area contributed by atoms with Crippen molar-refractivity contribution in [1.29, 1.82) is 0 Å². The van der Waals surface area contributed by atoms with Gasteiger partial charge in [0.1, 0.15) is 49.0 Å². The van der Waals surface area contributed by atoms with Crippen LogP contribution < -0.4 is 5.73 Å². The molecule has 0 spiro atoms. The number of aromatic nitrogens is 3. The fourth-order valence-corrected chi connectivity index (χ4v) is 4.75. The third-order valence-electron chi connectivity index (χ3n) is 6.13. The molecule has 0 unspecified atom stereocenters. The van der Waals surface area contributed by atoms with Gasteiger partial charge in [-0.1, -0.05) is 6.42 Å². The Morgan fingerprint density at radius 2 is 2.00 bits per heavy atom. The summed E-state index contributed by atoms with van der Waals surface area (Å²) >= 11 is 0. The lowest BCUT2D eigenvalue weighted by Crippen LogP contribution is -2.34.